The van der Waals surface area contributed by atoms with Crippen LogP contribution in [-0.2, 0) is 0 Å². The van der Waals surface area contributed by atoms with Crippen LogP contribution in [0.2, 0.25) is 0 Å². The molecular weight excluding hydrogens is 234 g/mol. The lowest BCUT2D eigenvalue weighted by molar-refractivity contribution is 1.37. The van der Waals surface area contributed by atoms with Gasteiger partial charge in [-0.05, 0) is 23.6 Å². The van der Waals surface area contributed by atoms with E-state index in [-0.39, 0.29) is 32.9 Å². The van der Waals surface area contributed by atoms with Crippen LogP contribution >= 0.6 is 0 Å². The zero-order valence-electron chi connectivity index (χ0n) is 11.1. The van der Waals surface area contributed by atoms with Crippen LogP contribution in [-0.4, -0.2) is 59.9 Å². The topological polar surface area (TPSA) is 12.9 Å². The fourth-order valence-electron chi connectivity index (χ4n) is 1.89. The van der Waals surface area contributed by atoms with Crippen LogP contribution in [0, 0.1) is 6.92 Å². The van der Waals surface area contributed by atoms with Gasteiger partial charge in [-0.2, -0.15) is 0 Å². The zero-order chi connectivity index (χ0) is 15.2. The van der Waals surface area contributed by atoms with Gasteiger partial charge in [-0.1, -0.05) is 22.5 Å². The second-order valence-corrected chi connectivity index (χ2v) is 4.55. The minimum atomic E-state index is 0.180. The van der Waals surface area contributed by atoms with E-state index in [9.17, 15) is 0 Å². The van der Waals surface area contributed by atoms with Gasteiger partial charge in [0.25, 0.3) is 0 Å². The molecule has 0 saturated heterocycles. The van der Waals surface area contributed by atoms with Crippen LogP contribution in [0.1, 0.15) is 5.56 Å². The summed E-state index contributed by atoms with van der Waals surface area (Å²) in [5.74, 6) is 0. The Hall–Kier alpha value is -1.18. The van der Waals surface area contributed by atoms with Gasteiger partial charge < -0.3 is 0 Å². The predicted octanol–water partition coefficient (Wildman–Crippen LogP) is -5.39. The summed E-state index contributed by atoms with van der Waals surface area (Å²) >= 11 is 0. The van der Waals surface area contributed by atoms with Crippen molar-refractivity contribution in [3.05, 3.63) is 11.6 Å². The van der Waals surface area contributed by atoms with E-state index < -0.39 is 0 Å². The van der Waals surface area contributed by atoms with Crippen molar-refractivity contribution in [1.29, 1.82) is 0 Å². The van der Waals surface area contributed by atoms with E-state index in [2.05, 4.69) is 4.98 Å². The minimum absolute atomic E-state index is 0.180. The lowest BCUT2D eigenvalue weighted by Crippen LogP contribution is -2.49. The molecule has 0 bridgehead atoms. The van der Waals surface area contributed by atoms with Crippen molar-refractivity contribution in [2.24, 2.45) is 0 Å². The molecule has 14 radical (unpaired) electrons. The molecule has 1 heterocycles. The van der Waals surface area contributed by atoms with Crippen molar-refractivity contribution in [1.82, 2.24) is 4.98 Å². The molecule has 1 aromatic heterocycles. The average Bonchev–Trinajstić information content (AvgIpc) is 2.42. The monoisotopic (exact) mass is 239 g/mol. The van der Waals surface area contributed by atoms with E-state index in [0.29, 0.717) is 22.3 Å². The highest BCUT2D eigenvalue weighted by atomic mass is 14.7. The third kappa shape index (κ3) is 2.30. The van der Waals surface area contributed by atoms with Gasteiger partial charge in [0.2, 0.25) is 0 Å². The molecule has 0 spiro atoms. The number of pyridine rings is 1. The van der Waals surface area contributed by atoms with E-state index in [4.69, 9.17) is 54.9 Å². The van der Waals surface area contributed by atoms with Crippen molar-refractivity contribution >= 4 is 93.3 Å². The van der Waals surface area contributed by atoms with Crippen molar-refractivity contribution in [2.45, 2.75) is 6.92 Å². The molecule has 0 amide bonds. The molecule has 0 aliphatic rings. The smallest absolute Gasteiger partial charge is 0.142 e. The van der Waals surface area contributed by atoms with Gasteiger partial charge in [0, 0.05) is 0 Å². The molecule has 0 atom stereocenters. The molecule has 0 aliphatic carbocycles. The number of nitrogens with zero attached hydrogens (tertiary/aromatic N) is 1. The first kappa shape index (κ1) is 15.2. The Morgan fingerprint density at radius 3 is 1.95 bits per heavy atom. The van der Waals surface area contributed by atoms with Crippen molar-refractivity contribution < 1.29 is 0 Å². The number of hydrogen-bond donors (Lipinski definition) is 0. The first-order valence-corrected chi connectivity index (χ1v) is 5.80. The van der Waals surface area contributed by atoms with Crippen LogP contribution < -0.4 is 38.4 Å². The standard InChI is InChI=1S/C12H4B7N/c1-3-6(14)10(18)11(20-12(3)19)4-2-5(13)8(16)9(17)7(4)15/h2H,1H3. The van der Waals surface area contributed by atoms with Crippen LogP contribution in [0.25, 0.3) is 11.3 Å². The molecule has 1 aromatic carbocycles. The fourth-order valence-corrected chi connectivity index (χ4v) is 1.89. The molecular formula is C12H4B7N. The second kappa shape index (κ2) is 5.31. The molecule has 0 unspecified atom stereocenters. The number of benzene rings is 1. The predicted molar refractivity (Wildman–Crippen MR) is 92.1 cm³/mol. The lowest BCUT2D eigenvalue weighted by Gasteiger charge is -2.20. The summed E-state index contributed by atoms with van der Waals surface area (Å²) in [7, 11) is 41.0. The van der Waals surface area contributed by atoms with Crippen molar-refractivity contribution in [2.75, 3.05) is 0 Å². The Balaban J connectivity index is 2.83. The Labute approximate surface area is 128 Å². The summed E-state index contributed by atoms with van der Waals surface area (Å²) in [6.45, 7) is 1.73. The van der Waals surface area contributed by atoms with Crippen LogP contribution in [0.5, 0.6) is 0 Å². The molecule has 1 nitrogen and oxygen atoms in total. The number of aromatic nitrogens is 1. The zero-order valence-corrected chi connectivity index (χ0v) is 11.1. The maximum absolute atomic E-state index is 5.98. The van der Waals surface area contributed by atoms with E-state index in [1.54, 1.807) is 13.0 Å². The van der Waals surface area contributed by atoms with E-state index >= 15 is 0 Å². The summed E-state index contributed by atoms with van der Waals surface area (Å²) in [4.78, 5) is 4.22. The first-order chi connectivity index (χ1) is 9.25. The third-order valence-electron chi connectivity index (χ3n) is 3.30. The van der Waals surface area contributed by atoms with Crippen LogP contribution in [0.4, 0.5) is 0 Å². The maximum Gasteiger partial charge on any atom is 0.142 e. The number of hydrogen-bond acceptors (Lipinski definition) is 1. The Morgan fingerprint density at radius 2 is 1.35 bits per heavy atom. The highest BCUT2D eigenvalue weighted by Gasteiger charge is 2.13. The highest BCUT2D eigenvalue weighted by molar-refractivity contribution is 6.64. The summed E-state index contributed by atoms with van der Waals surface area (Å²) < 4.78 is 0. The Kier molecular flexibility index (Phi) is 4.04. The first-order valence-electron chi connectivity index (χ1n) is 5.80. The molecule has 0 saturated carbocycles. The van der Waals surface area contributed by atoms with Crippen molar-refractivity contribution in [3.63, 3.8) is 0 Å². The van der Waals surface area contributed by atoms with Gasteiger partial charge in [-0.25, -0.2) is 0 Å². The third-order valence-corrected chi connectivity index (χ3v) is 3.30. The van der Waals surface area contributed by atoms with E-state index in [1.807, 2.05) is 0 Å². The largest absolute Gasteiger partial charge is 0.265 e. The Bertz CT molecular complexity index is 650. The normalized spacial score (nSPS) is 10.7. The highest BCUT2D eigenvalue weighted by Crippen LogP contribution is 2.07. The summed E-state index contributed by atoms with van der Waals surface area (Å²) in [6, 6.07) is 1.55. The van der Waals surface area contributed by atoms with Crippen LogP contribution in [0.15, 0.2) is 6.07 Å². The molecule has 20 heavy (non-hydrogen) atoms. The average molecular weight is 238 g/mol. The molecule has 0 aliphatic heterocycles. The summed E-state index contributed by atoms with van der Waals surface area (Å²) in [5.41, 5.74) is 3.20. The molecule has 0 fully saturated rings. The van der Waals surface area contributed by atoms with E-state index in [0.717, 1.165) is 0 Å². The van der Waals surface area contributed by atoms with Gasteiger partial charge in [0.05, 0.1) is 5.69 Å². The second-order valence-electron chi connectivity index (χ2n) is 4.55. The molecule has 78 valence electrons. The lowest BCUT2D eigenvalue weighted by atomic mass is 9.64. The van der Waals surface area contributed by atoms with Gasteiger partial charge in [0.1, 0.15) is 54.9 Å². The van der Waals surface area contributed by atoms with Crippen molar-refractivity contribution in [3.8, 4) is 11.3 Å². The minimum Gasteiger partial charge on any atom is -0.265 e. The van der Waals surface area contributed by atoms with Gasteiger partial charge >= 0.3 is 0 Å². The van der Waals surface area contributed by atoms with Gasteiger partial charge in [-0.3, -0.25) is 4.98 Å². The fraction of sp³-hybridized carbons (Fsp3) is 0.0833. The molecule has 2 aromatic rings. The molecule has 0 N–H and O–H groups in total. The molecule has 2 rings (SSSR count). The Morgan fingerprint density at radius 1 is 0.750 bits per heavy atom. The maximum atomic E-state index is 5.98. The SMILES string of the molecule is [B]c1cc(-c2nc([B])c(C)c([B])c2[B])c([B])c([B])c1[B]. The van der Waals surface area contributed by atoms with E-state index in [1.165, 1.54) is 0 Å². The van der Waals surface area contributed by atoms with Gasteiger partial charge in [0.15, 0.2) is 0 Å². The summed E-state index contributed by atoms with van der Waals surface area (Å²) in [6.07, 6.45) is 0. The summed E-state index contributed by atoms with van der Waals surface area (Å²) in [5, 5.41) is 0. The van der Waals surface area contributed by atoms with Crippen LogP contribution in [0.3, 0.4) is 0 Å². The quantitative estimate of drug-likeness (QED) is 0.452. The van der Waals surface area contributed by atoms with Gasteiger partial charge in [-0.15, -0.1) is 16.4 Å². The number of rotatable bonds is 1. The molecule has 8 heteroatoms.